The number of hydrogen-bond acceptors (Lipinski definition) is 5. The number of amides is 1. The lowest BCUT2D eigenvalue weighted by atomic mass is 10.1. The van der Waals surface area contributed by atoms with Crippen molar-refractivity contribution in [2.24, 2.45) is 10.9 Å². The average molecular weight is 442 g/mol. The molecule has 0 unspecified atom stereocenters. The molecule has 1 aromatic rings. The van der Waals surface area contributed by atoms with Crippen molar-refractivity contribution in [2.45, 2.75) is 44.6 Å². The van der Waals surface area contributed by atoms with Crippen molar-refractivity contribution in [1.82, 2.24) is 25.4 Å². The van der Waals surface area contributed by atoms with Crippen LogP contribution in [0.4, 0.5) is 5.82 Å². The maximum atomic E-state index is 12.6. The van der Waals surface area contributed by atoms with E-state index in [1.165, 1.54) is 12.8 Å². The fraction of sp³-hybridized carbons (Fsp3) is 0.708. The number of nitrogens with one attached hydrogen (secondary N) is 2. The fourth-order valence-corrected chi connectivity index (χ4v) is 5.14. The molecule has 3 heterocycles. The maximum Gasteiger partial charge on any atom is 0.225 e. The Morgan fingerprint density at radius 3 is 2.47 bits per heavy atom. The largest absolute Gasteiger partial charge is 0.356 e. The number of anilines is 1. The molecule has 0 atom stereocenters. The molecule has 0 radical (unpaired) electrons. The van der Waals surface area contributed by atoms with Gasteiger partial charge in [0.1, 0.15) is 5.82 Å². The lowest BCUT2D eigenvalue weighted by molar-refractivity contribution is -0.137. The molecule has 1 aliphatic carbocycles. The number of piperidine rings is 1. The highest BCUT2D eigenvalue weighted by Crippen LogP contribution is 2.26. The summed E-state index contributed by atoms with van der Waals surface area (Å²) in [5.74, 6) is 2.65. The lowest BCUT2D eigenvalue weighted by Crippen LogP contribution is -2.53. The van der Waals surface area contributed by atoms with Crippen molar-refractivity contribution < 1.29 is 4.79 Å². The molecule has 176 valence electrons. The van der Waals surface area contributed by atoms with Crippen LogP contribution in [0.1, 0.15) is 38.5 Å². The Labute approximate surface area is 192 Å². The van der Waals surface area contributed by atoms with Gasteiger partial charge in [-0.1, -0.05) is 18.9 Å². The summed E-state index contributed by atoms with van der Waals surface area (Å²) in [6.45, 7) is 7.54. The second-order valence-corrected chi connectivity index (χ2v) is 9.24. The number of pyridine rings is 1. The molecular weight excluding hydrogens is 402 g/mol. The summed E-state index contributed by atoms with van der Waals surface area (Å²) in [5, 5.41) is 7.07. The minimum Gasteiger partial charge on any atom is -0.356 e. The first-order valence-corrected chi connectivity index (χ1v) is 12.4. The van der Waals surface area contributed by atoms with E-state index in [0.717, 1.165) is 89.8 Å². The monoisotopic (exact) mass is 441 g/mol. The topological polar surface area (TPSA) is 76.1 Å². The van der Waals surface area contributed by atoms with Crippen molar-refractivity contribution >= 4 is 17.7 Å². The molecule has 4 rings (SSSR count). The summed E-state index contributed by atoms with van der Waals surface area (Å²) in [4.78, 5) is 28.4. The molecule has 8 heteroatoms. The Balaban J connectivity index is 1.11. The van der Waals surface area contributed by atoms with E-state index in [4.69, 9.17) is 0 Å². The molecule has 1 saturated carbocycles. The Bertz CT molecular complexity index is 734. The summed E-state index contributed by atoms with van der Waals surface area (Å²) < 4.78 is 0. The molecule has 32 heavy (non-hydrogen) atoms. The molecule has 0 bridgehead atoms. The highest BCUT2D eigenvalue weighted by Gasteiger charge is 2.29. The van der Waals surface area contributed by atoms with Crippen LogP contribution in [0.5, 0.6) is 0 Å². The molecule has 2 aliphatic heterocycles. The first-order chi connectivity index (χ1) is 15.7. The van der Waals surface area contributed by atoms with Gasteiger partial charge in [0.05, 0.1) is 0 Å². The van der Waals surface area contributed by atoms with Crippen molar-refractivity contribution in [3.05, 3.63) is 24.4 Å². The van der Waals surface area contributed by atoms with Gasteiger partial charge in [0.15, 0.2) is 5.96 Å². The Hall–Kier alpha value is -2.35. The first-order valence-electron chi connectivity index (χ1n) is 12.4. The minimum absolute atomic E-state index is 0.299. The Morgan fingerprint density at radius 2 is 1.81 bits per heavy atom. The summed E-state index contributed by atoms with van der Waals surface area (Å²) in [6, 6.07) is 6.53. The third-order valence-electron chi connectivity index (χ3n) is 7.14. The number of nitrogens with zero attached hydrogens (tertiary/aromatic N) is 5. The van der Waals surface area contributed by atoms with Gasteiger partial charge in [-0.15, -0.1) is 0 Å². The van der Waals surface area contributed by atoms with Gasteiger partial charge in [0.25, 0.3) is 0 Å². The van der Waals surface area contributed by atoms with Crippen LogP contribution in [0.25, 0.3) is 0 Å². The second-order valence-electron chi connectivity index (χ2n) is 9.24. The summed E-state index contributed by atoms with van der Waals surface area (Å²) in [7, 11) is 1.84. The predicted molar refractivity (Wildman–Crippen MR) is 129 cm³/mol. The van der Waals surface area contributed by atoms with Crippen molar-refractivity contribution in [1.29, 1.82) is 0 Å². The van der Waals surface area contributed by atoms with Gasteiger partial charge in [-0.2, -0.15) is 0 Å². The number of carbonyl (C=O) groups excluding carboxylic acids is 1. The first kappa shape index (κ1) is 22.8. The summed E-state index contributed by atoms with van der Waals surface area (Å²) in [5.41, 5.74) is 0. The number of carbonyl (C=O) groups is 1. The van der Waals surface area contributed by atoms with E-state index < -0.39 is 0 Å². The lowest BCUT2D eigenvalue weighted by Gasteiger charge is -2.36. The fourth-order valence-electron chi connectivity index (χ4n) is 5.14. The van der Waals surface area contributed by atoms with E-state index in [9.17, 15) is 4.79 Å². The van der Waals surface area contributed by atoms with E-state index in [2.05, 4.69) is 41.4 Å². The number of aromatic nitrogens is 1. The molecule has 0 spiro atoms. The van der Waals surface area contributed by atoms with Crippen LogP contribution in [0.15, 0.2) is 29.4 Å². The number of rotatable bonds is 6. The number of aliphatic imine (C=N–C) groups is 1. The predicted octanol–water partition coefficient (Wildman–Crippen LogP) is 1.55. The zero-order valence-corrected chi connectivity index (χ0v) is 19.5. The molecule has 3 fully saturated rings. The molecule has 1 amide bonds. The van der Waals surface area contributed by atoms with Gasteiger partial charge in [-0.25, -0.2) is 4.98 Å². The van der Waals surface area contributed by atoms with Crippen LogP contribution in [-0.2, 0) is 4.79 Å². The van der Waals surface area contributed by atoms with Crippen molar-refractivity contribution in [3.63, 3.8) is 0 Å². The minimum atomic E-state index is 0.299. The molecule has 1 aromatic heterocycles. The van der Waals surface area contributed by atoms with Gasteiger partial charge in [-0.05, 0) is 37.8 Å². The molecule has 8 nitrogen and oxygen atoms in total. The highest BCUT2D eigenvalue weighted by atomic mass is 16.2. The van der Waals surface area contributed by atoms with Crippen LogP contribution in [0.3, 0.4) is 0 Å². The van der Waals surface area contributed by atoms with Crippen LogP contribution >= 0.6 is 0 Å². The number of piperazine rings is 1. The van der Waals surface area contributed by atoms with Crippen LogP contribution in [0.2, 0.25) is 0 Å². The van der Waals surface area contributed by atoms with E-state index >= 15 is 0 Å². The van der Waals surface area contributed by atoms with Gasteiger partial charge in [0.2, 0.25) is 5.91 Å². The smallest absolute Gasteiger partial charge is 0.225 e. The quantitative estimate of drug-likeness (QED) is 0.515. The number of guanidine groups is 1. The Morgan fingerprint density at radius 1 is 1.06 bits per heavy atom. The standard InChI is InChI=1S/C24H39N7O/c1-25-24(28-21-9-13-30(14-10-21)22-8-4-5-11-26-22)27-12-15-29-16-18-31(19-17-29)23(32)20-6-2-3-7-20/h4-5,8,11,20-21H,2-3,6-7,9-10,12-19H2,1H3,(H2,25,27,28). The van der Waals surface area contributed by atoms with E-state index in [0.29, 0.717) is 17.9 Å². The van der Waals surface area contributed by atoms with Gasteiger partial charge in [0, 0.05) is 77.6 Å². The molecule has 3 aliphatic rings. The van der Waals surface area contributed by atoms with Crippen molar-refractivity contribution in [2.75, 3.05) is 64.3 Å². The second kappa shape index (κ2) is 11.5. The maximum absolute atomic E-state index is 12.6. The summed E-state index contributed by atoms with van der Waals surface area (Å²) in [6.07, 6.45) is 8.65. The SMILES string of the molecule is CN=C(NCCN1CCN(C(=O)C2CCCC2)CC1)NC1CCN(c2ccccn2)CC1. The number of hydrogen-bond donors (Lipinski definition) is 2. The van der Waals surface area contributed by atoms with Gasteiger partial charge >= 0.3 is 0 Å². The highest BCUT2D eigenvalue weighted by molar-refractivity contribution is 5.80. The normalized spacial score (nSPS) is 21.7. The Kier molecular flexibility index (Phi) is 8.20. The van der Waals surface area contributed by atoms with Crippen LogP contribution in [0, 0.1) is 5.92 Å². The van der Waals surface area contributed by atoms with E-state index in [1.807, 2.05) is 25.4 Å². The third kappa shape index (κ3) is 6.12. The van der Waals surface area contributed by atoms with Gasteiger partial charge in [-0.3, -0.25) is 14.7 Å². The third-order valence-corrected chi connectivity index (χ3v) is 7.14. The zero-order chi connectivity index (χ0) is 22.2. The van der Waals surface area contributed by atoms with E-state index in [1.54, 1.807) is 0 Å². The van der Waals surface area contributed by atoms with Gasteiger partial charge < -0.3 is 20.4 Å². The van der Waals surface area contributed by atoms with Crippen LogP contribution in [-0.4, -0.2) is 92.1 Å². The summed E-state index contributed by atoms with van der Waals surface area (Å²) >= 11 is 0. The zero-order valence-electron chi connectivity index (χ0n) is 19.5. The molecule has 2 N–H and O–H groups in total. The van der Waals surface area contributed by atoms with Crippen LogP contribution < -0.4 is 15.5 Å². The molecule has 0 aromatic carbocycles. The molecule has 2 saturated heterocycles. The average Bonchev–Trinajstić information content (AvgIpc) is 3.39. The van der Waals surface area contributed by atoms with E-state index in [-0.39, 0.29) is 0 Å². The molecular formula is C24H39N7O. The van der Waals surface area contributed by atoms with Crippen molar-refractivity contribution in [3.8, 4) is 0 Å².